The summed E-state index contributed by atoms with van der Waals surface area (Å²) in [7, 11) is 0. The molecule has 0 amide bonds. The van der Waals surface area contributed by atoms with Crippen molar-refractivity contribution in [3.8, 4) is 0 Å². The van der Waals surface area contributed by atoms with Crippen molar-refractivity contribution >= 4 is 28.5 Å². The van der Waals surface area contributed by atoms with E-state index in [1.165, 1.54) is 62.0 Å². The van der Waals surface area contributed by atoms with Crippen LogP contribution in [0.1, 0.15) is 45.1 Å². The van der Waals surface area contributed by atoms with Crippen LogP contribution in [0.5, 0.6) is 0 Å². The van der Waals surface area contributed by atoms with Crippen LogP contribution in [0.25, 0.3) is 10.9 Å². The van der Waals surface area contributed by atoms with E-state index in [0.717, 1.165) is 12.1 Å². The molecule has 1 heterocycles. The van der Waals surface area contributed by atoms with Gasteiger partial charge in [0.2, 0.25) is 0 Å². The molecule has 0 radical (unpaired) electrons. The van der Waals surface area contributed by atoms with Gasteiger partial charge < -0.3 is 20.4 Å². The fraction of sp³-hybridized carbons (Fsp3) is 0.500. The van der Waals surface area contributed by atoms with Crippen LogP contribution in [0, 0.1) is 6.92 Å². The number of aliphatic carboxylic acids is 2. The van der Waals surface area contributed by atoms with Gasteiger partial charge in [-0.1, -0.05) is 32.8 Å². The number of rotatable bonds is 10. The number of unbranched alkanes of at least 4 members (excludes halogenated alkanes) is 3. The minimum atomic E-state index is -1.82. The highest BCUT2D eigenvalue weighted by Crippen LogP contribution is 2.23. The summed E-state index contributed by atoms with van der Waals surface area (Å²) in [6.07, 6.45) is 7.03. The fourth-order valence-corrected chi connectivity index (χ4v) is 3.05. The van der Waals surface area contributed by atoms with Crippen LogP contribution in [0.3, 0.4) is 0 Å². The van der Waals surface area contributed by atoms with E-state index in [0.29, 0.717) is 0 Å². The first kappa shape index (κ1) is 24.4. The molecule has 0 saturated heterocycles. The summed E-state index contributed by atoms with van der Waals surface area (Å²) in [4.78, 5) is 25.2. The van der Waals surface area contributed by atoms with Gasteiger partial charge in [0.15, 0.2) is 0 Å². The molecule has 0 aliphatic carbocycles. The predicted octanol–water partition coefficient (Wildman–Crippen LogP) is 4.01. The molecule has 0 bridgehead atoms. The number of hydrogen-bond donors (Lipinski definition) is 3. The summed E-state index contributed by atoms with van der Waals surface area (Å²) in [5.41, 5.74) is 3.54. The number of carboxylic acids is 2. The highest BCUT2D eigenvalue weighted by molar-refractivity contribution is 6.27. The molecular weight excluding hydrogens is 370 g/mol. The highest BCUT2D eigenvalue weighted by atomic mass is 16.4. The molecule has 2 rings (SSSR count). The second-order valence-corrected chi connectivity index (χ2v) is 6.87. The van der Waals surface area contributed by atoms with E-state index in [9.17, 15) is 0 Å². The molecule has 0 fully saturated rings. The Bertz CT molecular complexity index is 764. The van der Waals surface area contributed by atoms with Gasteiger partial charge >= 0.3 is 11.9 Å². The van der Waals surface area contributed by atoms with E-state index in [-0.39, 0.29) is 0 Å². The maximum atomic E-state index is 9.10. The summed E-state index contributed by atoms with van der Waals surface area (Å²) in [5, 5.41) is 19.6. The Labute approximate surface area is 172 Å². The molecule has 1 aromatic carbocycles. The van der Waals surface area contributed by atoms with Crippen molar-refractivity contribution < 1.29 is 19.8 Å². The minimum absolute atomic E-state index is 1.03. The van der Waals surface area contributed by atoms with Gasteiger partial charge in [-0.05, 0) is 63.2 Å². The van der Waals surface area contributed by atoms with Crippen LogP contribution in [-0.4, -0.2) is 58.2 Å². The van der Waals surface area contributed by atoms with Gasteiger partial charge in [0.25, 0.3) is 0 Å². The second kappa shape index (κ2) is 13.5. The number of pyridine rings is 1. The molecule has 0 saturated carbocycles. The Hall–Kier alpha value is -2.67. The maximum Gasteiger partial charge on any atom is 0.414 e. The summed E-state index contributed by atoms with van der Waals surface area (Å²) >= 11 is 0. The SMILES string of the molecule is CCN(CC)CCCCCCNc1cc(C)cc2cccnc12.O=C(O)C(=O)O. The van der Waals surface area contributed by atoms with Crippen molar-refractivity contribution in [3.05, 3.63) is 36.0 Å². The van der Waals surface area contributed by atoms with Crippen molar-refractivity contribution in [1.82, 2.24) is 9.88 Å². The summed E-state index contributed by atoms with van der Waals surface area (Å²) in [6.45, 7) is 11.2. The van der Waals surface area contributed by atoms with Gasteiger partial charge in [0, 0.05) is 18.1 Å². The predicted molar refractivity (Wildman–Crippen MR) is 116 cm³/mol. The average Bonchev–Trinajstić information content (AvgIpc) is 2.70. The lowest BCUT2D eigenvalue weighted by Crippen LogP contribution is -2.23. The molecular formula is C22H33N3O4. The van der Waals surface area contributed by atoms with Crippen LogP contribution in [-0.2, 0) is 9.59 Å². The highest BCUT2D eigenvalue weighted by Gasteiger charge is 2.04. The van der Waals surface area contributed by atoms with Crippen LogP contribution in [0.4, 0.5) is 5.69 Å². The number of aromatic nitrogens is 1. The lowest BCUT2D eigenvalue weighted by Gasteiger charge is -2.17. The van der Waals surface area contributed by atoms with E-state index in [4.69, 9.17) is 19.8 Å². The number of nitrogens with zero attached hydrogens (tertiary/aromatic N) is 2. The summed E-state index contributed by atoms with van der Waals surface area (Å²) in [6, 6.07) is 8.53. The van der Waals surface area contributed by atoms with E-state index in [2.05, 4.69) is 54.2 Å². The normalized spacial score (nSPS) is 10.5. The standard InChI is InChI=1S/C20H31N3.C2H2O4/c1-4-23(5-2)14-9-7-6-8-12-21-19-16-17(3)15-18-11-10-13-22-20(18)19;3-1(4)2(5)6/h10-11,13,15-16,21H,4-9,12,14H2,1-3H3;(H,3,4)(H,5,6). The number of benzene rings is 1. The number of anilines is 1. The monoisotopic (exact) mass is 403 g/mol. The minimum Gasteiger partial charge on any atom is -0.473 e. The zero-order chi connectivity index (χ0) is 21.6. The zero-order valence-corrected chi connectivity index (χ0v) is 17.6. The zero-order valence-electron chi connectivity index (χ0n) is 17.6. The van der Waals surface area contributed by atoms with Crippen molar-refractivity contribution in [2.75, 3.05) is 31.5 Å². The Morgan fingerprint density at radius 1 is 1.03 bits per heavy atom. The lowest BCUT2D eigenvalue weighted by atomic mass is 10.1. The van der Waals surface area contributed by atoms with Crippen LogP contribution in [0.2, 0.25) is 0 Å². The van der Waals surface area contributed by atoms with Gasteiger partial charge in [-0.3, -0.25) is 4.98 Å². The topological polar surface area (TPSA) is 103 Å². The average molecular weight is 404 g/mol. The molecule has 1 aromatic heterocycles. The molecule has 0 unspecified atom stereocenters. The smallest absolute Gasteiger partial charge is 0.414 e. The largest absolute Gasteiger partial charge is 0.473 e. The number of nitrogens with one attached hydrogen (secondary N) is 1. The third kappa shape index (κ3) is 9.38. The Kier molecular flexibility index (Phi) is 11.3. The third-order valence-corrected chi connectivity index (χ3v) is 4.64. The van der Waals surface area contributed by atoms with E-state index in [1.54, 1.807) is 0 Å². The van der Waals surface area contributed by atoms with E-state index < -0.39 is 11.9 Å². The number of hydrogen-bond acceptors (Lipinski definition) is 5. The molecule has 0 spiro atoms. The van der Waals surface area contributed by atoms with Gasteiger partial charge in [-0.2, -0.15) is 0 Å². The van der Waals surface area contributed by atoms with Crippen LogP contribution in [0.15, 0.2) is 30.5 Å². The molecule has 7 heteroatoms. The van der Waals surface area contributed by atoms with Gasteiger partial charge in [0.1, 0.15) is 0 Å². The van der Waals surface area contributed by atoms with Crippen LogP contribution >= 0.6 is 0 Å². The van der Waals surface area contributed by atoms with Crippen molar-refractivity contribution in [2.45, 2.75) is 46.5 Å². The number of aryl methyl sites for hydroxylation is 1. The number of carboxylic acid groups (broad SMARTS) is 2. The van der Waals surface area contributed by atoms with Crippen LogP contribution < -0.4 is 5.32 Å². The Balaban J connectivity index is 0.000000612. The molecule has 3 N–H and O–H groups in total. The molecule has 7 nitrogen and oxygen atoms in total. The quantitative estimate of drug-likeness (QED) is 0.407. The number of carbonyl (C=O) groups is 2. The fourth-order valence-electron chi connectivity index (χ4n) is 3.05. The van der Waals surface area contributed by atoms with Crippen molar-refractivity contribution in [3.63, 3.8) is 0 Å². The molecule has 0 atom stereocenters. The van der Waals surface area contributed by atoms with Gasteiger partial charge in [-0.15, -0.1) is 0 Å². The first-order valence-corrected chi connectivity index (χ1v) is 10.2. The lowest BCUT2D eigenvalue weighted by molar-refractivity contribution is -0.159. The molecule has 160 valence electrons. The van der Waals surface area contributed by atoms with Gasteiger partial charge in [0.05, 0.1) is 11.2 Å². The second-order valence-electron chi connectivity index (χ2n) is 6.87. The van der Waals surface area contributed by atoms with E-state index in [1.807, 2.05) is 12.3 Å². The first-order chi connectivity index (χ1) is 13.9. The van der Waals surface area contributed by atoms with E-state index >= 15 is 0 Å². The van der Waals surface area contributed by atoms with Crippen molar-refractivity contribution in [2.24, 2.45) is 0 Å². The molecule has 29 heavy (non-hydrogen) atoms. The molecule has 0 aliphatic rings. The third-order valence-electron chi connectivity index (χ3n) is 4.64. The molecule has 2 aromatic rings. The Morgan fingerprint density at radius 3 is 2.31 bits per heavy atom. The van der Waals surface area contributed by atoms with Gasteiger partial charge in [-0.25, -0.2) is 9.59 Å². The molecule has 0 aliphatic heterocycles. The summed E-state index contributed by atoms with van der Waals surface area (Å²) in [5.74, 6) is -3.65. The maximum absolute atomic E-state index is 9.10. The number of fused-ring (bicyclic) bond motifs is 1. The van der Waals surface area contributed by atoms with Crippen molar-refractivity contribution in [1.29, 1.82) is 0 Å². The Morgan fingerprint density at radius 2 is 1.69 bits per heavy atom. The summed E-state index contributed by atoms with van der Waals surface area (Å²) < 4.78 is 0. The first-order valence-electron chi connectivity index (χ1n) is 10.2.